The van der Waals surface area contributed by atoms with Gasteiger partial charge in [-0.05, 0) is 144 Å². The minimum atomic E-state index is -1.04. The first-order valence-corrected chi connectivity index (χ1v) is 31.0. The van der Waals surface area contributed by atoms with E-state index in [-0.39, 0.29) is 168 Å². The first kappa shape index (κ1) is 73.8. The number of ether oxygens (including phenoxy) is 14. The Balaban J connectivity index is 1.03. The molecule has 3 aromatic rings. The lowest BCUT2D eigenvalue weighted by atomic mass is 9.82. The van der Waals surface area contributed by atoms with Crippen LogP contribution in [0.1, 0.15) is 134 Å². The fourth-order valence-electron chi connectivity index (χ4n) is 10.2. The second kappa shape index (κ2) is 38.1. The number of hydrogen-bond acceptors (Lipinski definition) is 27. The predicted octanol–water partition coefficient (Wildman–Crippen LogP) is 7.98. The number of esters is 13. The molecule has 95 heavy (non-hydrogen) atoms. The van der Waals surface area contributed by atoms with Crippen LogP contribution in [-0.2, 0) is 85.8 Å². The third-order valence-electron chi connectivity index (χ3n) is 15.5. The number of methoxy groups -OCH3 is 1. The summed E-state index contributed by atoms with van der Waals surface area (Å²) in [5.74, 6) is -13.9. The standard InChI is InChI=1S/C68H76O27/c1-6-56(69)83-30-10-11-31-87-60(73)41-12-14-44(15-13-41)63(76)94-54-28-25-48(39-51(54)67(80)89-36-33-85-58(71)8-3)91-61(74)42-16-18-43(19-17-42)62(75)92-49-26-29-55(52(40-49)68(81)90-37-34-86-59(72)9-4)95-65(78)46-22-20-45(21-23-46)64(77)93-53-27-24-47(82-5)38-50(53)66(79)88-35-32-84-57(70)7-2/h6-7,9,24-29,38-46H,1-2,4,8,10-23,30-37H2,3,5H3. The van der Waals surface area contributed by atoms with Crippen LogP contribution in [0.4, 0.5) is 0 Å². The van der Waals surface area contributed by atoms with Crippen molar-refractivity contribution in [3.63, 3.8) is 0 Å². The van der Waals surface area contributed by atoms with Gasteiger partial charge in [-0.15, -0.1) is 0 Å². The Morgan fingerprint density at radius 2 is 0.621 bits per heavy atom. The van der Waals surface area contributed by atoms with Gasteiger partial charge in [-0.1, -0.05) is 26.7 Å². The van der Waals surface area contributed by atoms with E-state index < -0.39 is 120 Å². The molecule has 0 spiro atoms. The second-order valence-electron chi connectivity index (χ2n) is 21.9. The zero-order valence-electron chi connectivity index (χ0n) is 52.8. The van der Waals surface area contributed by atoms with Gasteiger partial charge in [-0.3, -0.25) is 33.6 Å². The van der Waals surface area contributed by atoms with Crippen LogP contribution in [0.15, 0.2) is 92.6 Å². The molecule has 0 heterocycles. The molecule has 0 aromatic heterocycles. The van der Waals surface area contributed by atoms with E-state index in [9.17, 15) is 62.3 Å². The summed E-state index contributed by atoms with van der Waals surface area (Å²) in [5, 5.41) is 0. The molecule has 0 aliphatic heterocycles. The number of carbonyl (C=O) groups is 13. The predicted molar refractivity (Wildman–Crippen MR) is 326 cm³/mol. The molecule has 3 aromatic carbocycles. The molecule has 0 N–H and O–H groups in total. The smallest absolute Gasteiger partial charge is 0.342 e. The van der Waals surface area contributed by atoms with Crippen molar-refractivity contribution in [3.8, 4) is 34.5 Å². The first-order valence-electron chi connectivity index (χ1n) is 31.0. The molecule has 0 amide bonds. The van der Waals surface area contributed by atoms with E-state index in [0.29, 0.717) is 25.7 Å². The molecule has 510 valence electrons. The van der Waals surface area contributed by atoms with Gasteiger partial charge in [0.15, 0.2) is 0 Å². The van der Waals surface area contributed by atoms with E-state index in [0.717, 1.165) is 24.3 Å². The average molecular weight is 1330 g/mol. The maximum absolute atomic E-state index is 13.7. The molecule has 0 radical (unpaired) electrons. The summed E-state index contributed by atoms with van der Waals surface area (Å²) >= 11 is 0. The molecule has 6 rings (SSSR count). The average Bonchev–Trinajstić information content (AvgIpc) is 0.939. The zero-order chi connectivity index (χ0) is 68.8. The monoisotopic (exact) mass is 1320 g/mol. The van der Waals surface area contributed by atoms with Gasteiger partial charge in [-0.25, -0.2) is 28.8 Å². The van der Waals surface area contributed by atoms with Crippen molar-refractivity contribution >= 4 is 77.6 Å². The third kappa shape index (κ3) is 23.4. The van der Waals surface area contributed by atoms with Gasteiger partial charge >= 0.3 is 77.6 Å². The highest BCUT2D eigenvalue weighted by molar-refractivity contribution is 5.96. The van der Waals surface area contributed by atoms with Gasteiger partial charge in [0, 0.05) is 24.6 Å². The van der Waals surface area contributed by atoms with Crippen molar-refractivity contribution in [1.29, 1.82) is 0 Å². The lowest BCUT2D eigenvalue weighted by Gasteiger charge is -2.26. The molecule has 27 nitrogen and oxygen atoms in total. The Hall–Kier alpha value is -10.2. The summed E-state index contributed by atoms with van der Waals surface area (Å²) in [5.41, 5.74) is -0.739. The number of rotatable bonds is 33. The van der Waals surface area contributed by atoms with Crippen LogP contribution < -0.4 is 28.4 Å². The van der Waals surface area contributed by atoms with Gasteiger partial charge in [0.2, 0.25) is 0 Å². The van der Waals surface area contributed by atoms with Gasteiger partial charge in [-0.2, -0.15) is 0 Å². The minimum absolute atomic E-state index is 0.0897. The highest BCUT2D eigenvalue weighted by atomic mass is 16.6. The van der Waals surface area contributed by atoms with E-state index in [1.54, 1.807) is 6.92 Å². The van der Waals surface area contributed by atoms with Crippen LogP contribution in [-0.4, -0.2) is 138 Å². The van der Waals surface area contributed by atoms with Crippen LogP contribution in [0.5, 0.6) is 34.5 Å². The Bertz CT molecular complexity index is 3300. The van der Waals surface area contributed by atoms with E-state index >= 15 is 0 Å². The zero-order valence-corrected chi connectivity index (χ0v) is 52.8. The van der Waals surface area contributed by atoms with Crippen LogP contribution in [0, 0.1) is 35.5 Å². The Kier molecular flexibility index (Phi) is 29.6. The molecule has 3 aliphatic carbocycles. The van der Waals surface area contributed by atoms with E-state index in [1.165, 1.54) is 55.6 Å². The van der Waals surface area contributed by atoms with Crippen molar-refractivity contribution in [1.82, 2.24) is 0 Å². The number of unbranched alkanes of at least 4 members (excludes halogenated alkanes) is 1. The maximum atomic E-state index is 13.7. The molecule has 3 saturated carbocycles. The normalized spacial score (nSPS) is 18.0. The second-order valence-corrected chi connectivity index (χ2v) is 21.9. The number of carbonyl (C=O) groups excluding carboxylic acids is 13. The molecular weight excluding hydrogens is 1250 g/mol. The SMILES string of the molecule is C=CC(=O)OCCCCOC(=O)C1CCC(C(=O)Oc2ccc(OC(=O)C3CCC(C(=O)Oc4ccc(OC(=O)C5CCC(C(=O)Oc6ccc(OC)cc6C(=O)OCCOC(=O)C=C)CC5)c(C(=O)OCCOC(=O)C=C)c4)CC3)cc2C(=O)OCCOC(=O)CC)CC1. The van der Waals surface area contributed by atoms with Gasteiger partial charge in [0.1, 0.15) is 90.8 Å². The van der Waals surface area contributed by atoms with Crippen molar-refractivity contribution in [2.75, 3.05) is 60.0 Å². The van der Waals surface area contributed by atoms with Crippen molar-refractivity contribution in [3.05, 3.63) is 109 Å². The topological polar surface area (TPSA) is 351 Å². The molecule has 0 saturated heterocycles. The van der Waals surface area contributed by atoms with E-state index in [4.69, 9.17) is 66.3 Å². The molecule has 0 atom stereocenters. The Morgan fingerprint density at radius 1 is 0.347 bits per heavy atom. The van der Waals surface area contributed by atoms with Crippen LogP contribution in [0.2, 0.25) is 0 Å². The summed E-state index contributed by atoms with van der Waals surface area (Å²) in [7, 11) is 1.37. The van der Waals surface area contributed by atoms with E-state index in [2.05, 4.69) is 19.7 Å². The molecule has 27 heteroatoms. The van der Waals surface area contributed by atoms with Crippen molar-refractivity contribution < 1.29 is 129 Å². The van der Waals surface area contributed by atoms with E-state index in [1.807, 2.05) is 0 Å². The Morgan fingerprint density at radius 3 is 0.947 bits per heavy atom. The maximum Gasteiger partial charge on any atom is 0.342 e. The number of hydrogen-bond donors (Lipinski definition) is 0. The van der Waals surface area contributed by atoms with Crippen molar-refractivity contribution in [2.45, 2.75) is 103 Å². The summed E-state index contributed by atoms with van der Waals surface area (Å²) in [4.78, 5) is 167. The molecular formula is C68H76O27. The summed E-state index contributed by atoms with van der Waals surface area (Å²) in [6.45, 7) is 9.89. The highest BCUT2D eigenvalue weighted by Crippen LogP contribution is 2.37. The lowest BCUT2D eigenvalue weighted by Crippen LogP contribution is -2.31. The lowest BCUT2D eigenvalue weighted by molar-refractivity contribution is -0.152. The summed E-state index contributed by atoms with van der Waals surface area (Å²) < 4.78 is 74.7. The summed E-state index contributed by atoms with van der Waals surface area (Å²) in [6.07, 6.45) is 6.56. The molecule has 3 fully saturated rings. The highest BCUT2D eigenvalue weighted by Gasteiger charge is 2.37. The largest absolute Gasteiger partial charge is 0.497 e. The van der Waals surface area contributed by atoms with Gasteiger partial charge < -0.3 is 66.3 Å². The Labute approximate surface area is 546 Å². The fraction of sp³-hybridized carbons (Fsp3) is 0.456. The quantitative estimate of drug-likeness (QED) is 0.0183. The summed E-state index contributed by atoms with van der Waals surface area (Å²) in [6, 6.07) is 11.6. The fourth-order valence-corrected chi connectivity index (χ4v) is 10.2. The van der Waals surface area contributed by atoms with Crippen LogP contribution in [0.25, 0.3) is 0 Å². The first-order chi connectivity index (χ1) is 45.7. The molecule has 3 aliphatic rings. The van der Waals surface area contributed by atoms with Crippen LogP contribution >= 0.6 is 0 Å². The number of benzene rings is 3. The van der Waals surface area contributed by atoms with Gasteiger partial charge in [0.05, 0.1) is 55.8 Å². The third-order valence-corrected chi connectivity index (χ3v) is 15.5. The molecule has 0 bridgehead atoms. The van der Waals surface area contributed by atoms with Crippen LogP contribution in [0.3, 0.4) is 0 Å². The van der Waals surface area contributed by atoms with Crippen molar-refractivity contribution in [2.24, 2.45) is 35.5 Å². The van der Waals surface area contributed by atoms with Gasteiger partial charge in [0.25, 0.3) is 0 Å². The molecule has 0 unspecified atom stereocenters. The minimum Gasteiger partial charge on any atom is -0.497 e.